The van der Waals surface area contributed by atoms with Gasteiger partial charge in [0, 0.05) is 22.7 Å². The standard InChI is InChI=1S/C14H33N3/c1-11(15)12(2,3)17(10)14(6,7)13(4,5)16(8)9/h11H,15H2,1-10H3. The summed E-state index contributed by atoms with van der Waals surface area (Å²) in [4.78, 5) is 4.69. The molecule has 0 aromatic heterocycles. The van der Waals surface area contributed by atoms with Gasteiger partial charge in [0.15, 0.2) is 0 Å². The fourth-order valence-corrected chi connectivity index (χ4v) is 1.98. The van der Waals surface area contributed by atoms with E-state index in [1.54, 1.807) is 0 Å². The van der Waals surface area contributed by atoms with Gasteiger partial charge < -0.3 is 10.6 Å². The first kappa shape index (κ1) is 16.9. The lowest BCUT2D eigenvalue weighted by Gasteiger charge is -2.57. The minimum Gasteiger partial charge on any atom is -0.326 e. The van der Waals surface area contributed by atoms with Crippen LogP contribution in [0.1, 0.15) is 48.5 Å². The van der Waals surface area contributed by atoms with Crippen molar-refractivity contribution in [2.75, 3.05) is 21.1 Å². The highest BCUT2D eigenvalue weighted by atomic mass is 15.3. The number of nitrogens with two attached hydrogens (primary N) is 1. The molecule has 3 nitrogen and oxygen atoms in total. The zero-order valence-electron chi connectivity index (χ0n) is 13.5. The van der Waals surface area contributed by atoms with E-state index in [1.165, 1.54) is 0 Å². The van der Waals surface area contributed by atoms with Crippen LogP contribution in [0.15, 0.2) is 0 Å². The first-order valence-corrected chi connectivity index (χ1v) is 6.46. The molecule has 104 valence electrons. The van der Waals surface area contributed by atoms with E-state index >= 15 is 0 Å². The molecule has 1 unspecified atom stereocenters. The zero-order chi connectivity index (χ0) is 14.2. The third kappa shape index (κ3) is 2.83. The summed E-state index contributed by atoms with van der Waals surface area (Å²) < 4.78 is 0. The second-order valence-corrected chi connectivity index (χ2v) is 7.01. The molecular weight excluding hydrogens is 210 g/mol. The van der Waals surface area contributed by atoms with Crippen molar-refractivity contribution in [1.29, 1.82) is 0 Å². The molecule has 3 heteroatoms. The maximum atomic E-state index is 6.13. The summed E-state index contributed by atoms with van der Waals surface area (Å²) >= 11 is 0. The average Bonchev–Trinajstić information content (AvgIpc) is 2.15. The molecule has 0 fully saturated rings. The molecule has 2 N–H and O–H groups in total. The Bertz CT molecular complexity index is 252. The van der Waals surface area contributed by atoms with Crippen LogP contribution in [0.5, 0.6) is 0 Å². The summed E-state index contributed by atoms with van der Waals surface area (Å²) in [5.74, 6) is 0. The Hall–Kier alpha value is -0.120. The maximum Gasteiger partial charge on any atom is 0.0334 e. The van der Waals surface area contributed by atoms with Gasteiger partial charge in [0.1, 0.15) is 0 Å². The minimum absolute atomic E-state index is 0.0215. The normalized spacial score (nSPS) is 16.8. The lowest BCUT2D eigenvalue weighted by molar-refractivity contribution is -0.0554. The van der Waals surface area contributed by atoms with Gasteiger partial charge in [0.05, 0.1) is 0 Å². The Kier molecular flexibility index (Phi) is 4.83. The molecule has 0 bridgehead atoms. The molecular formula is C14H33N3. The Labute approximate surface area is 108 Å². The zero-order valence-corrected chi connectivity index (χ0v) is 13.5. The van der Waals surface area contributed by atoms with Gasteiger partial charge in [-0.3, -0.25) is 4.90 Å². The molecule has 0 aromatic carbocycles. The van der Waals surface area contributed by atoms with Crippen LogP contribution < -0.4 is 5.73 Å². The van der Waals surface area contributed by atoms with Crippen LogP contribution in [0.4, 0.5) is 0 Å². The Morgan fingerprint density at radius 2 is 1.18 bits per heavy atom. The number of likely N-dealkylation sites (N-methyl/N-ethyl adjacent to an activating group) is 2. The lowest BCUT2D eigenvalue weighted by atomic mass is 9.76. The van der Waals surface area contributed by atoms with Gasteiger partial charge in [-0.15, -0.1) is 0 Å². The van der Waals surface area contributed by atoms with Crippen molar-refractivity contribution in [2.24, 2.45) is 5.73 Å². The van der Waals surface area contributed by atoms with E-state index in [-0.39, 0.29) is 22.7 Å². The van der Waals surface area contributed by atoms with Crippen LogP contribution in [0.25, 0.3) is 0 Å². The highest BCUT2D eigenvalue weighted by Crippen LogP contribution is 2.35. The Morgan fingerprint density at radius 3 is 1.41 bits per heavy atom. The summed E-state index contributed by atoms with van der Waals surface area (Å²) in [6.45, 7) is 15.6. The van der Waals surface area contributed by atoms with Crippen LogP contribution in [0.2, 0.25) is 0 Å². The first-order valence-electron chi connectivity index (χ1n) is 6.46. The molecule has 0 aromatic rings. The van der Waals surface area contributed by atoms with Crippen LogP contribution in [-0.4, -0.2) is 53.6 Å². The quantitative estimate of drug-likeness (QED) is 0.803. The van der Waals surface area contributed by atoms with E-state index in [0.29, 0.717) is 0 Å². The van der Waals surface area contributed by atoms with Gasteiger partial charge in [-0.25, -0.2) is 0 Å². The number of rotatable bonds is 5. The molecule has 0 saturated carbocycles. The van der Waals surface area contributed by atoms with Crippen molar-refractivity contribution in [3.05, 3.63) is 0 Å². The molecule has 0 radical (unpaired) electrons. The Balaban J connectivity index is 5.34. The summed E-state index contributed by atoms with van der Waals surface area (Å²) in [5, 5.41) is 0. The van der Waals surface area contributed by atoms with Crippen molar-refractivity contribution < 1.29 is 0 Å². The predicted octanol–water partition coefficient (Wildman–Crippen LogP) is 2.16. The third-order valence-electron chi connectivity index (χ3n) is 5.43. The first-order chi connectivity index (χ1) is 7.29. The van der Waals surface area contributed by atoms with Crippen molar-refractivity contribution >= 4 is 0 Å². The molecule has 0 aliphatic rings. The summed E-state index contributed by atoms with van der Waals surface area (Å²) in [5.41, 5.74) is 6.19. The largest absolute Gasteiger partial charge is 0.326 e. The predicted molar refractivity (Wildman–Crippen MR) is 77.3 cm³/mol. The van der Waals surface area contributed by atoms with Crippen LogP contribution in [0.3, 0.4) is 0 Å². The fourth-order valence-electron chi connectivity index (χ4n) is 1.98. The fraction of sp³-hybridized carbons (Fsp3) is 1.00. The van der Waals surface area contributed by atoms with Crippen LogP contribution in [-0.2, 0) is 0 Å². The van der Waals surface area contributed by atoms with E-state index in [2.05, 4.69) is 79.4 Å². The van der Waals surface area contributed by atoms with E-state index < -0.39 is 0 Å². The smallest absolute Gasteiger partial charge is 0.0334 e. The second kappa shape index (κ2) is 4.87. The molecule has 0 aliphatic heterocycles. The summed E-state index contributed by atoms with van der Waals surface area (Å²) in [6, 6.07) is 0.129. The van der Waals surface area contributed by atoms with Crippen molar-refractivity contribution in [3.8, 4) is 0 Å². The number of hydrogen-bond donors (Lipinski definition) is 1. The monoisotopic (exact) mass is 243 g/mol. The van der Waals surface area contributed by atoms with Gasteiger partial charge in [0.2, 0.25) is 0 Å². The number of nitrogens with zero attached hydrogens (tertiary/aromatic N) is 2. The molecule has 0 aliphatic carbocycles. The maximum absolute atomic E-state index is 6.13. The van der Waals surface area contributed by atoms with Crippen molar-refractivity contribution in [3.63, 3.8) is 0 Å². The van der Waals surface area contributed by atoms with E-state index in [4.69, 9.17) is 5.73 Å². The van der Waals surface area contributed by atoms with Gasteiger partial charge in [0.25, 0.3) is 0 Å². The van der Waals surface area contributed by atoms with E-state index in [0.717, 1.165) is 0 Å². The Morgan fingerprint density at radius 1 is 0.824 bits per heavy atom. The van der Waals surface area contributed by atoms with Gasteiger partial charge >= 0.3 is 0 Å². The van der Waals surface area contributed by atoms with E-state index in [9.17, 15) is 0 Å². The van der Waals surface area contributed by atoms with Gasteiger partial charge in [-0.1, -0.05) is 0 Å². The van der Waals surface area contributed by atoms with Crippen molar-refractivity contribution in [2.45, 2.75) is 71.1 Å². The third-order valence-corrected chi connectivity index (χ3v) is 5.43. The minimum atomic E-state index is -0.0310. The average molecular weight is 243 g/mol. The summed E-state index contributed by atoms with van der Waals surface area (Å²) in [6.07, 6.45) is 0. The van der Waals surface area contributed by atoms with Crippen molar-refractivity contribution in [1.82, 2.24) is 9.80 Å². The topological polar surface area (TPSA) is 32.5 Å². The van der Waals surface area contributed by atoms with Gasteiger partial charge in [-0.05, 0) is 69.6 Å². The van der Waals surface area contributed by atoms with Gasteiger partial charge in [-0.2, -0.15) is 0 Å². The molecule has 1 atom stereocenters. The summed E-state index contributed by atoms with van der Waals surface area (Å²) in [7, 11) is 6.44. The van der Waals surface area contributed by atoms with Crippen LogP contribution in [0, 0.1) is 0 Å². The number of hydrogen-bond acceptors (Lipinski definition) is 3. The highest BCUT2D eigenvalue weighted by Gasteiger charge is 2.47. The lowest BCUT2D eigenvalue weighted by Crippen LogP contribution is -2.69. The molecule has 17 heavy (non-hydrogen) atoms. The van der Waals surface area contributed by atoms with Crippen LogP contribution >= 0.6 is 0 Å². The molecule has 0 spiro atoms. The molecule has 0 amide bonds. The molecule has 0 saturated heterocycles. The molecule has 0 heterocycles. The highest BCUT2D eigenvalue weighted by molar-refractivity contribution is 5.05. The SMILES string of the molecule is CC(N)C(C)(C)N(C)C(C)(C)C(C)(C)N(C)C. The molecule has 0 rings (SSSR count). The van der Waals surface area contributed by atoms with E-state index in [1.807, 2.05) is 0 Å². The second-order valence-electron chi connectivity index (χ2n) is 7.01.